The summed E-state index contributed by atoms with van der Waals surface area (Å²) in [5, 5.41) is 11.2. The smallest absolute Gasteiger partial charge is 0.327 e. The summed E-state index contributed by atoms with van der Waals surface area (Å²) in [5.41, 5.74) is 2.77. The van der Waals surface area contributed by atoms with Gasteiger partial charge in [-0.15, -0.1) is 0 Å². The second-order valence-corrected chi connectivity index (χ2v) is 5.27. The number of aliphatic carboxylic acids is 1. The molecule has 1 unspecified atom stereocenters. The van der Waals surface area contributed by atoms with Crippen molar-refractivity contribution in [3.05, 3.63) is 23.0 Å². The number of carbonyl (C=O) groups is 2. The van der Waals surface area contributed by atoms with Gasteiger partial charge in [0, 0.05) is 28.8 Å². The molecule has 1 aromatic rings. The number of hydrogen-bond acceptors (Lipinski definition) is 5. The van der Waals surface area contributed by atoms with Crippen LogP contribution in [-0.4, -0.2) is 41.4 Å². The predicted octanol–water partition coefficient (Wildman–Crippen LogP) is 1.14. The second kappa shape index (κ2) is 7.74. The number of amides is 1. The lowest BCUT2D eigenvalue weighted by atomic mass is 10.1. The van der Waals surface area contributed by atoms with E-state index in [9.17, 15) is 9.59 Å². The number of ether oxygens (including phenoxy) is 1. The maximum absolute atomic E-state index is 10.9. The minimum atomic E-state index is -1.05. The SMILES string of the molecule is COc1c(C)cnc(CSCC(NC=O)C(=O)O)c1C. The zero-order valence-electron chi connectivity index (χ0n) is 11.7. The molecule has 0 bridgehead atoms. The van der Waals surface area contributed by atoms with Crippen molar-refractivity contribution in [2.75, 3.05) is 12.9 Å². The van der Waals surface area contributed by atoms with E-state index in [1.54, 1.807) is 13.3 Å². The van der Waals surface area contributed by atoms with Crippen molar-refractivity contribution < 1.29 is 19.4 Å². The predicted molar refractivity (Wildman–Crippen MR) is 77.0 cm³/mol. The zero-order chi connectivity index (χ0) is 15.1. The first-order valence-corrected chi connectivity index (χ1v) is 7.16. The Labute approximate surface area is 121 Å². The van der Waals surface area contributed by atoms with Crippen molar-refractivity contribution in [3.63, 3.8) is 0 Å². The number of carbonyl (C=O) groups excluding carboxylic acids is 1. The molecule has 0 aliphatic carbocycles. The quantitative estimate of drug-likeness (QED) is 0.700. The van der Waals surface area contributed by atoms with Gasteiger partial charge in [-0.05, 0) is 13.8 Å². The molecule has 20 heavy (non-hydrogen) atoms. The molecule has 0 fully saturated rings. The van der Waals surface area contributed by atoms with E-state index in [4.69, 9.17) is 9.84 Å². The first kappa shape index (κ1) is 16.3. The van der Waals surface area contributed by atoms with Crippen molar-refractivity contribution in [1.82, 2.24) is 10.3 Å². The molecule has 0 aliphatic heterocycles. The van der Waals surface area contributed by atoms with Crippen LogP contribution in [0.5, 0.6) is 5.75 Å². The number of aryl methyl sites for hydroxylation is 1. The van der Waals surface area contributed by atoms with Crippen LogP contribution in [0.15, 0.2) is 6.20 Å². The molecule has 6 nitrogen and oxygen atoms in total. The largest absolute Gasteiger partial charge is 0.496 e. The standard InChI is InChI=1S/C13H18N2O4S/c1-8-4-14-10(9(2)12(8)19-3)5-20-6-11(13(17)18)15-7-16/h4,7,11H,5-6H2,1-3H3,(H,15,16)(H,17,18). The molecule has 1 heterocycles. The molecular weight excluding hydrogens is 280 g/mol. The second-order valence-electron chi connectivity index (χ2n) is 4.24. The molecule has 0 saturated heterocycles. The van der Waals surface area contributed by atoms with E-state index in [2.05, 4.69) is 10.3 Å². The number of thioether (sulfide) groups is 1. The lowest BCUT2D eigenvalue weighted by Gasteiger charge is -2.13. The van der Waals surface area contributed by atoms with Crippen molar-refractivity contribution in [3.8, 4) is 5.75 Å². The van der Waals surface area contributed by atoms with E-state index < -0.39 is 12.0 Å². The Kier molecular flexibility index (Phi) is 6.30. The van der Waals surface area contributed by atoms with Crippen LogP contribution in [0.1, 0.15) is 16.8 Å². The van der Waals surface area contributed by atoms with Gasteiger partial charge in [0.2, 0.25) is 6.41 Å². The molecule has 1 atom stereocenters. The Morgan fingerprint density at radius 3 is 2.85 bits per heavy atom. The molecule has 7 heteroatoms. The number of aromatic nitrogens is 1. The van der Waals surface area contributed by atoms with Crippen LogP contribution in [0.2, 0.25) is 0 Å². The van der Waals surface area contributed by atoms with Crippen LogP contribution in [0.4, 0.5) is 0 Å². The van der Waals surface area contributed by atoms with Crippen molar-refractivity contribution in [2.45, 2.75) is 25.6 Å². The number of hydrogen-bond donors (Lipinski definition) is 2. The van der Waals surface area contributed by atoms with Gasteiger partial charge >= 0.3 is 5.97 Å². The van der Waals surface area contributed by atoms with Crippen LogP contribution in [0.25, 0.3) is 0 Å². The molecule has 0 radical (unpaired) electrons. The average molecular weight is 298 g/mol. The van der Waals surface area contributed by atoms with E-state index in [1.807, 2.05) is 13.8 Å². The summed E-state index contributed by atoms with van der Waals surface area (Å²) in [6.07, 6.45) is 2.14. The summed E-state index contributed by atoms with van der Waals surface area (Å²) in [7, 11) is 1.61. The van der Waals surface area contributed by atoms with Gasteiger partial charge in [0.05, 0.1) is 12.8 Å². The third-order valence-electron chi connectivity index (χ3n) is 2.84. The van der Waals surface area contributed by atoms with Crippen molar-refractivity contribution >= 4 is 24.1 Å². The highest BCUT2D eigenvalue weighted by Crippen LogP contribution is 2.26. The first-order valence-electron chi connectivity index (χ1n) is 6.00. The molecular formula is C13H18N2O4S. The Hall–Kier alpha value is -1.76. The van der Waals surface area contributed by atoms with Crippen LogP contribution >= 0.6 is 11.8 Å². The van der Waals surface area contributed by atoms with Crippen molar-refractivity contribution in [2.24, 2.45) is 0 Å². The molecule has 1 rings (SSSR count). The summed E-state index contributed by atoms with van der Waals surface area (Å²) >= 11 is 1.40. The molecule has 2 N–H and O–H groups in total. The zero-order valence-corrected chi connectivity index (χ0v) is 12.5. The summed E-state index contributed by atoms with van der Waals surface area (Å²) < 4.78 is 5.32. The van der Waals surface area contributed by atoms with Gasteiger partial charge in [-0.3, -0.25) is 9.78 Å². The van der Waals surface area contributed by atoms with Gasteiger partial charge in [-0.1, -0.05) is 0 Å². The molecule has 1 amide bonds. The Balaban J connectivity index is 2.66. The third kappa shape index (κ3) is 4.12. The molecule has 0 spiro atoms. The number of nitrogens with one attached hydrogen (secondary N) is 1. The fourth-order valence-electron chi connectivity index (χ4n) is 1.76. The van der Waals surface area contributed by atoms with E-state index in [-0.39, 0.29) is 5.75 Å². The van der Waals surface area contributed by atoms with Gasteiger partial charge in [0.15, 0.2) is 0 Å². The lowest BCUT2D eigenvalue weighted by molar-refractivity contribution is -0.139. The fourth-order valence-corrected chi connectivity index (χ4v) is 2.84. The molecule has 0 aliphatic rings. The number of pyridine rings is 1. The van der Waals surface area contributed by atoms with Gasteiger partial charge in [-0.2, -0.15) is 11.8 Å². The van der Waals surface area contributed by atoms with Gasteiger partial charge < -0.3 is 15.2 Å². The highest BCUT2D eigenvalue weighted by atomic mass is 32.2. The monoisotopic (exact) mass is 298 g/mol. The highest BCUT2D eigenvalue weighted by molar-refractivity contribution is 7.98. The van der Waals surface area contributed by atoms with Gasteiger partial charge in [0.1, 0.15) is 11.8 Å². The highest BCUT2D eigenvalue weighted by Gasteiger charge is 2.17. The van der Waals surface area contributed by atoms with Gasteiger partial charge in [-0.25, -0.2) is 4.79 Å². The minimum absolute atomic E-state index is 0.283. The van der Waals surface area contributed by atoms with E-state index in [0.29, 0.717) is 12.2 Å². The van der Waals surface area contributed by atoms with E-state index in [1.165, 1.54) is 11.8 Å². The molecule has 1 aromatic heterocycles. The number of rotatable bonds is 8. The van der Waals surface area contributed by atoms with E-state index in [0.717, 1.165) is 22.6 Å². The fraction of sp³-hybridized carbons (Fsp3) is 0.462. The van der Waals surface area contributed by atoms with Crippen LogP contribution in [-0.2, 0) is 15.3 Å². The van der Waals surface area contributed by atoms with Crippen LogP contribution in [0.3, 0.4) is 0 Å². The average Bonchev–Trinajstić information content (AvgIpc) is 2.40. The Morgan fingerprint density at radius 1 is 1.60 bits per heavy atom. The number of nitrogens with zero attached hydrogens (tertiary/aromatic N) is 1. The minimum Gasteiger partial charge on any atom is -0.496 e. The molecule has 0 saturated carbocycles. The van der Waals surface area contributed by atoms with Crippen LogP contribution < -0.4 is 10.1 Å². The number of methoxy groups -OCH3 is 1. The third-order valence-corrected chi connectivity index (χ3v) is 3.89. The summed E-state index contributed by atoms with van der Waals surface area (Å²) in [4.78, 5) is 25.5. The first-order chi connectivity index (χ1) is 9.51. The van der Waals surface area contributed by atoms with Crippen molar-refractivity contribution in [1.29, 1.82) is 0 Å². The Morgan fingerprint density at radius 2 is 2.30 bits per heavy atom. The Bertz CT molecular complexity index is 494. The number of carboxylic acid groups (broad SMARTS) is 1. The summed E-state index contributed by atoms with van der Waals surface area (Å²) in [6.45, 7) is 3.84. The maximum atomic E-state index is 10.9. The normalized spacial score (nSPS) is 11.8. The molecule has 110 valence electrons. The van der Waals surface area contributed by atoms with Gasteiger partial charge in [0.25, 0.3) is 0 Å². The van der Waals surface area contributed by atoms with Crippen LogP contribution in [0, 0.1) is 13.8 Å². The lowest BCUT2D eigenvalue weighted by Crippen LogP contribution is -2.37. The van der Waals surface area contributed by atoms with E-state index >= 15 is 0 Å². The number of carboxylic acids is 1. The molecule has 0 aromatic carbocycles. The topological polar surface area (TPSA) is 88.5 Å². The summed E-state index contributed by atoms with van der Waals surface area (Å²) in [5.74, 6) is 0.602. The summed E-state index contributed by atoms with van der Waals surface area (Å²) in [6, 6.07) is -0.884. The maximum Gasteiger partial charge on any atom is 0.327 e.